The van der Waals surface area contributed by atoms with Gasteiger partial charge < -0.3 is 0 Å². The van der Waals surface area contributed by atoms with Gasteiger partial charge in [0.1, 0.15) is 0 Å². The molecule has 0 atom stereocenters. The number of rotatable bonds is 3. The zero-order valence-electron chi connectivity index (χ0n) is 12.8. The molecule has 6 heteroatoms. The summed E-state index contributed by atoms with van der Waals surface area (Å²) in [6, 6.07) is 6.29. The quantitative estimate of drug-likeness (QED) is 0.805. The first-order valence-electron chi connectivity index (χ1n) is 8.16. The van der Waals surface area contributed by atoms with Crippen molar-refractivity contribution in [3.8, 4) is 0 Å². The number of hydrogen-bond donors (Lipinski definition) is 1. The lowest BCUT2D eigenvalue weighted by atomic mass is 10.1. The Bertz CT molecular complexity index is 920. The summed E-state index contributed by atoms with van der Waals surface area (Å²) in [5, 5.41) is 5.36. The number of thiophene rings is 1. The number of nitrogens with zero attached hydrogens (tertiary/aromatic N) is 3. The maximum atomic E-state index is 12.8. The predicted octanol–water partition coefficient (Wildman–Crippen LogP) is 2.52. The first kappa shape index (κ1) is 13.5. The zero-order chi connectivity index (χ0) is 15.4. The molecule has 1 saturated carbocycles. The van der Waals surface area contributed by atoms with Crippen LogP contribution < -0.4 is 5.56 Å². The van der Waals surface area contributed by atoms with E-state index in [0.29, 0.717) is 12.5 Å². The average Bonchev–Trinajstić information content (AvgIpc) is 3.11. The number of nitrogens with one attached hydrogen (secondary N) is 1. The topological polar surface area (TPSA) is 53.4 Å². The van der Waals surface area contributed by atoms with E-state index < -0.39 is 0 Å². The van der Waals surface area contributed by atoms with Crippen molar-refractivity contribution < 1.29 is 0 Å². The van der Waals surface area contributed by atoms with E-state index in [1.165, 1.54) is 17.7 Å². The fourth-order valence-electron chi connectivity index (χ4n) is 3.42. The Labute approximate surface area is 137 Å². The third-order valence-corrected chi connectivity index (χ3v) is 5.70. The lowest BCUT2D eigenvalue weighted by Gasteiger charge is -2.27. The van der Waals surface area contributed by atoms with Crippen LogP contribution in [0, 0.1) is 0 Å². The highest BCUT2D eigenvalue weighted by molar-refractivity contribution is 7.09. The van der Waals surface area contributed by atoms with E-state index in [9.17, 15) is 4.79 Å². The summed E-state index contributed by atoms with van der Waals surface area (Å²) >= 11 is 1.77. The van der Waals surface area contributed by atoms with Gasteiger partial charge in [-0.2, -0.15) is 0 Å². The van der Waals surface area contributed by atoms with Crippen LogP contribution in [0.25, 0.3) is 5.65 Å². The molecule has 1 aliphatic heterocycles. The monoisotopic (exact) mass is 326 g/mol. The molecule has 0 amide bonds. The van der Waals surface area contributed by atoms with Gasteiger partial charge in [0.15, 0.2) is 5.65 Å². The standard InChI is InChI=1S/C17H18N4OS/c22-17-13-10-20(9-12-2-1-7-23-12)6-5-14(13)18-16-8-15(11-3-4-11)19-21(16)17/h1-2,7-8,11,19H,3-6,9-10H2. The fraction of sp³-hybridized carbons (Fsp3) is 0.412. The fourth-order valence-corrected chi connectivity index (χ4v) is 4.16. The molecule has 0 spiro atoms. The normalized spacial score (nSPS) is 18.4. The Morgan fingerprint density at radius 3 is 3.09 bits per heavy atom. The average molecular weight is 326 g/mol. The number of hydrogen-bond acceptors (Lipinski definition) is 4. The molecule has 2 aliphatic rings. The second-order valence-electron chi connectivity index (χ2n) is 6.56. The molecule has 5 nitrogen and oxygen atoms in total. The minimum Gasteiger partial charge on any atom is -0.293 e. The minimum atomic E-state index is 0.0766. The van der Waals surface area contributed by atoms with E-state index in [-0.39, 0.29) is 5.56 Å². The van der Waals surface area contributed by atoms with Gasteiger partial charge in [-0.1, -0.05) is 6.07 Å². The molecule has 0 radical (unpaired) electrons. The Balaban J connectivity index is 1.51. The van der Waals surface area contributed by atoms with Gasteiger partial charge in [-0.25, -0.2) is 9.50 Å². The molecule has 1 aliphatic carbocycles. The lowest BCUT2D eigenvalue weighted by Crippen LogP contribution is -2.36. The molecule has 0 saturated heterocycles. The van der Waals surface area contributed by atoms with Crippen LogP contribution in [0.3, 0.4) is 0 Å². The number of aromatic amines is 1. The van der Waals surface area contributed by atoms with Crippen LogP contribution in [0.15, 0.2) is 28.4 Å². The molecular weight excluding hydrogens is 308 g/mol. The predicted molar refractivity (Wildman–Crippen MR) is 89.9 cm³/mol. The van der Waals surface area contributed by atoms with E-state index in [1.807, 2.05) is 0 Å². The number of aromatic nitrogens is 3. The van der Waals surface area contributed by atoms with Crippen molar-refractivity contribution in [2.45, 2.75) is 38.3 Å². The molecule has 0 bridgehead atoms. The van der Waals surface area contributed by atoms with Crippen molar-refractivity contribution in [2.75, 3.05) is 6.54 Å². The highest BCUT2D eigenvalue weighted by atomic mass is 32.1. The van der Waals surface area contributed by atoms with Crippen LogP contribution in [-0.2, 0) is 19.5 Å². The molecule has 23 heavy (non-hydrogen) atoms. The van der Waals surface area contributed by atoms with Gasteiger partial charge in [0, 0.05) is 48.6 Å². The van der Waals surface area contributed by atoms with Crippen LogP contribution in [0.1, 0.15) is 40.6 Å². The first-order valence-corrected chi connectivity index (χ1v) is 9.04. The number of fused-ring (bicyclic) bond motifs is 2. The summed E-state index contributed by atoms with van der Waals surface area (Å²) in [5.74, 6) is 0.600. The van der Waals surface area contributed by atoms with Crippen molar-refractivity contribution in [1.29, 1.82) is 0 Å². The SMILES string of the molecule is O=c1c2c(nc3cc(C4CC4)[nH]n13)CCN(Cc1cccs1)C2. The van der Waals surface area contributed by atoms with Crippen molar-refractivity contribution in [1.82, 2.24) is 19.5 Å². The molecule has 3 aromatic heterocycles. The molecular formula is C17H18N4OS. The van der Waals surface area contributed by atoms with Crippen LogP contribution in [0.4, 0.5) is 0 Å². The van der Waals surface area contributed by atoms with Crippen molar-refractivity contribution in [3.05, 3.63) is 55.8 Å². The van der Waals surface area contributed by atoms with Crippen LogP contribution in [0.5, 0.6) is 0 Å². The zero-order valence-corrected chi connectivity index (χ0v) is 13.6. The molecule has 1 N–H and O–H groups in total. The minimum absolute atomic E-state index is 0.0766. The maximum Gasteiger partial charge on any atom is 0.277 e. The highest BCUT2D eigenvalue weighted by Gasteiger charge is 2.27. The van der Waals surface area contributed by atoms with Gasteiger partial charge in [-0.15, -0.1) is 11.3 Å². The third kappa shape index (κ3) is 2.33. The Kier molecular flexibility index (Phi) is 2.96. The maximum absolute atomic E-state index is 12.8. The van der Waals surface area contributed by atoms with Crippen LogP contribution in [0.2, 0.25) is 0 Å². The Morgan fingerprint density at radius 1 is 1.39 bits per heavy atom. The second kappa shape index (κ2) is 5.04. The first-order chi connectivity index (χ1) is 11.3. The van der Waals surface area contributed by atoms with E-state index >= 15 is 0 Å². The van der Waals surface area contributed by atoms with E-state index in [1.54, 1.807) is 15.9 Å². The van der Waals surface area contributed by atoms with Gasteiger partial charge in [-0.05, 0) is 24.3 Å². The van der Waals surface area contributed by atoms with Crippen LogP contribution >= 0.6 is 11.3 Å². The summed E-state index contributed by atoms with van der Waals surface area (Å²) in [6.45, 7) is 2.57. The van der Waals surface area contributed by atoms with Gasteiger partial charge in [0.2, 0.25) is 0 Å². The van der Waals surface area contributed by atoms with Gasteiger partial charge >= 0.3 is 0 Å². The third-order valence-electron chi connectivity index (χ3n) is 4.84. The molecule has 4 heterocycles. The van der Waals surface area contributed by atoms with E-state index in [4.69, 9.17) is 4.98 Å². The van der Waals surface area contributed by atoms with E-state index in [2.05, 4.69) is 33.6 Å². The molecule has 0 aromatic carbocycles. The molecule has 1 fully saturated rings. The van der Waals surface area contributed by atoms with E-state index in [0.717, 1.165) is 42.1 Å². The number of H-pyrrole nitrogens is 1. The van der Waals surface area contributed by atoms with Gasteiger partial charge in [-0.3, -0.25) is 14.8 Å². The van der Waals surface area contributed by atoms with Gasteiger partial charge in [0.25, 0.3) is 5.56 Å². The molecule has 5 rings (SSSR count). The van der Waals surface area contributed by atoms with Crippen molar-refractivity contribution in [3.63, 3.8) is 0 Å². The summed E-state index contributed by atoms with van der Waals surface area (Å²) < 4.78 is 1.64. The Morgan fingerprint density at radius 2 is 2.30 bits per heavy atom. The Hall–Kier alpha value is -1.92. The summed E-state index contributed by atoms with van der Waals surface area (Å²) in [6.07, 6.45) is 3.29. The smallest absolute Gasteiger partial charge is 0.277 e. The lowest BCUT2D eigenvalue weighted by molar-refractivity contribution is 0.243. The molecule has 118 valence electrons. The van der Waals surface area contributed by atoms with Crippen molar-refractivity contribution >= 4 is 17.0 Å². The second-order valence-corrected chi connectivity index (χ2v) is 7.59. The van der Waals surface area contributed by atoms with Crippen molar-refractivity contribution in [2.24, 2.45) is 0 Å². The summed E-state index contributed by atoms with van der Waals surface area (Å²) in [4.78, 5) is 21.3. The van der Waals surface area contributed by atoms with Crippen LogP contribution in [-0.4, -0.2) is 26.0 Å². The highest BCUT2D eigenvalue weighted by Crippen LogP contribution is 2.39. The molecule has 3 aromatic rings. The largest absolute Gasteiger partial charge is 0.293 e. The summed E-state index contributed by atoms with van der Waals surface area (Å²) in [7, 11) is 0. The van der Waals surface area contributed by atoms with Gasteiger partial charge in [0.05, 0.1) is 11.3 Å². The molecule has 0 unspecified atom stereocenters. The summed E-state index contributed by atoms with van der Waals surface area (Å²) in [5.41, 5.74) is 3.86.